The zero-order valence-electron chi connectivity index (χ0n) is 21.9. The van der Waals surface area contributed by atoms with E-state index in [-0.39, 0.29) is 18.9 Å². The fourth-order valence-corrected chi connectivity index (χ4v) is 4.51. The molecule has 198 valence electrons. The van der Waals surface area contributed by atoms with Crippen molar-refractivity contribution in [1.82, 2.24) is 29.2 Å². The molecule has 3 amide bonds. The van der Waals surface area contributed by atoms with E-state index in [1.165, 1.54) is 0 Å². The third-order valence-electron chi connectivity index (χ3n) is 6.42. The number of imidazole rings is 1. The van der Waals surface area contributed by atoms with E-state index < -0.39 is 11.7 Å². The Hall–Kier alpha value is -3.89. The Balaban J connectivity index is 1.68. The van der Waals surface area contributed by atoms with Crippen molar-refractivity contribution >= 4 is 46.2 Å². The van der Waals surface area contributed by atoms with Gasteiger partial charge in [-0.3, -0.25) is 9.59 Å². The monoisotopic (exact) mass is 509 g/mol. The molecule has 0 spiro atoms. The van der Waals surface area contributed by atoms with Gasteiger partial charge in [0.2, 0.25) is 12.3 Å². The van der Waals surface area contributed by atoms with Gasteiger partial charge in [-0.05, 0) is 33.8 Å². The number of nitrogens with two attached hydrogens (primary N) is 1. The van der Waals surface area contributed by atoms with E-state index in [0.29, 0.717) is 56.4 Å². The summed E-state index contributed by atoms with van der Waals surface area (Å²) in [5.74, 6) is 0.903. The van der Waals surface area contributed by atoms with Gasteiger partial charge in [0.15, 0.2) is 5.82 Å². The van der Waals surface area contributed by atoms with Crippen LogP contribution >= 0.6 is 0 Å². The van der Waals surface area contributed by atoms with Gasteiger partial charge in [0.1, 0.15) is 16.9 Å². The van der Waals surface area contributed by atoms with E-state index in [0.717, 1.165) is 22.8 Å². The number of aromatic nitrogens is 3. The summed E-state index contributed by atoms with van der Waals surface area (Å²) >= 11 is 0. The van der Waals surface area contributed by atoms with Crippen molar-refractivity contribution in [1.29, 1.82) is 0 Å². The van der Waals surface area contributed by atoms with Gasteiger partial charge in [0.25, 0.3) is 0 Å². The molecule has 2 N–H and O–H groups in total. The number of amides is 3. The standard InChI is InChI=1S/C26H35N7O4/c1-5-31(25(36)37-26(2,3)4)16-20-29-22-23(18-8-6-7-9-19(18)28-24(22)27)33(20)11-10-21(35)32-14-12-30(17-34)13-15-32/h6-9,17H,5,10-16H2,1-4H3,(H2,27,28). The Kier molecular flexibility index (Phi) is 7.51. The van der Waals surface area contributed by atoms with Crippen LogP contribution in [0.4, 0.5) is 10.6 Å². The fraction of sp³-hybridized carbons (Fsp3) is 0.500. The van der Waals surface area contributed by atoms with Crippen LogP contribution < -0.4 is 5.73 Å². The lowest BCUT2D eigenvalue weighted by atomic mass is 10.2. The maximum atomic E-state index is 13.1. The second-order valence-corrected chi connectivity index (χ2v) is 10.2. The van der Waals surface area contributed by atoms with Crippen LogP contribution in [0.2, 0.25) is 0 Å². The second kappa shape index (κ2) is 10.6. The third-order valence-corrected chi connectivity index (χ3v) is 6.42. The number of carbonyl (C=O) groups excluding carboxylic acids is 3. The highest BCUT2D eigenvalue weighted by molar-refractivity contribution is 6.06. The largest absolute Gasteiger partial charge is 0.444 e. The van der Waals surface area contributed by atoms with Gasteiger partial charge in [-0.25, -0.2) is 14.8 Å². The molecule has 0 bridgehead atoms. The first-order valence-electron chi connectivity index (χ1n) is 12.6. The molecule has 1 aromatic carbocycles. The Morgan fingerprint density at radius 2 is 1.84 bits per heavy atom. The highest BCUT2D eigenvalue weighted by atomic mass is 16.6. The number of benzene rings is 1. The Bertz CT molecular complexity index is 1310. The van der Waals surface area contributed by atoms with Crippen LogP contribution in [-0.2, 0) is 27.4 Å². The Morgan fingerprint density at radius 1 is 1.14 bits per heavy atom. The molecule has 1 aliphatic rings. The number of para-hydroxylation sites is 1. The first-order valence-corrected chi connectivity index (χ1v) is 12.6. The molecule has 11 nitrogen and oxygen atoms in total. The van der Waals surface area contributed by atoms with Crippen LogP contribution in [0.25, 0.3) is 21.9 Å². The predicted octanol–water partition coefficient (Wildman–Crippen LogP) is 2.61. The van der Waals surface area contributed by atoms with E-state index in [1.54, 1.807) is 14.7 Å². The summed E-state index contributed by atoms with van der Waals surface area (Å²) < 4.78 is 7.56. The molecule has 37 heavy (non-hydrogen) atoms. The van der Waals surface area contributed by atoms with E-state index in [1.807, 2.05) is 56.5 Å². The number of hydrogen-bond donors (Lipinski definition) is 1. The number of ether oxygens (including phenoxy) is 1. The lowest BCUT2D eigenvalue weighted by molar-refractivity contribution is -0.135. The van der Waals surface area contributed by atoms with Gasteiger partial charge in [-0.1, -0.05) is 18.2 Å². The number of anilines is 1. The van der Waals surface area contributed by atoms with Crippen LogP contribution in [0.3, 0.4) is 0 Å². The van der Waals surface area contributed by atoms with Crippen molar-refractivity contribution in [3.05, 3.63) is 30.1 Å². The molecule has 4 rings (SSSR count). The average molecular weight is 510 g/mol. The van der Waals surface area contributed by atoms with E-state index >= 15 is 0 Å². The normalized spacial score (nSPS) is 14.3. The first kappa shape index (κ1) is 26.2. The summed E-state index contributed by atoms with van der Waals surface area (Å²) in [6, 6.07) is 7.66. The highest BCUT2D eigenvalue weighted by Crippen LogP contribution is 2.30. The third kappa shape index (κ3) is 5.76. The lowest BCUT2D eigenvalue weighted by Crippen LogP contribution is -2.48. The second-order valence-electron chi connectivity index (χ2n) is 10.2. The Morgan fingerprint density at radius 3 is 2.49 bits per heavy atom. The molecule has 1 aliphatic heterocycles. The number of rotatable bonds is 7. The van der Waals surface area contributed by atoms with Crippen LogP contribution in [0.15, 0.2) is 24.3 Å². The van der Waals surface area contributed by atoms with Gasteiger partial charge in [-0.2, -0.15) is 0 Å². The molecule has 0 aliphatic carbocycles. The lowest BCUT2D eigenvalue weighted by Gasteiger charge is -2.32. The quantitative estimate of drug-likeness (QED) is 0.485. The minimum absolute atomic E-state index is 0.00386. The van der Waals surface area contributed by atoms with E-state index in [9.17, 15) is 14.4 Å². The van der Waals surface area contributed by atoms with Gasteiger partial charge in [0, 0.05) is 51.1 Å². The number of piperazine rings is 1. The number of nitrogen functional groups attached to an aromatic ring is 1. The number of pyridine rings is 1. The number of fused-ring (bicyclic) bond motifs is 3. The first-order chi connectivity index (χ1) is 17.6. The zero-order chi connectivity index (χ0) is 26.7. The van der Waals surface area contributed by atoms with Crippen LogP contribution in [-0.4, -0.2) is 86.0 Å². The Labute approximate surface area is 216 Å². The predicted molar refractivity (Wildman–Crippen MR) is 141 cm³/mol. The van der Waals surface area contributed by atoms with Crippen molar-refractivity contribution in [2.45, 2.75) is 52.8 Å². The molecule has 0 unspecified atom stereocenters. The van der Waals surface area contributed by atoms with Crippen molar-refractivity contribution in [2.75, 3.05) is 38.5 Å². The topological polar surface area (TPSA) is 127 Å². The average Bonchev–Trinajstić information content (AvgIpc) is 3.23. The summed E-state index contributed by atoms with van der Waals surface area (Å²) in [4.78, 5) is 51.3. The van der Waals surface area contributed by atoms with Gasteiger partial charge in [0.05, 0.1) is 17.6 Å². The molecule has 0 radical (unpaired) electrons. The van der Waals surface area contributed by atoms with Crippen molar-refractivity contribution in [3.8, 4) is 0 Å². The van der Waals surface area contributed by atoms with Gasteiger partial charge in [-0.15, -0.1) is 0 Å². The van der Waals surface area contributed by atoms with Crippen molar-refractivity contribution in [2.24, 2.45) is 0 Å². The minimum Gasteiger partial charge on any atom is -0.444 e. The van der Waals surface area contributed by atoms with Gasteiger partial charge >= 0.3 is 6.09 Å². The summed E-state index contributed by atoms with van der Waals surface area (Å²) in [6.07, 6.45) is 0.627. The molecular formula is C26H35N7O4. The number of aryl methyl sites for hydroxylation is 1. The van der Waals surface area contributed by atoms with Crippen LogP contribution in [0.5, 0.6) is 0 Å². The van der Waals surface area contributed by atoms with E-state index in [2.05, 4.69) is 4.98 Å². The molecular weight excluding hydrogens is 474 g/mol. The molecule has 11 heteroatoms. The highest BCUT2D eigenvalue weighted by Gasteiger charge is 2.26. The summed E-state index contributed by atoms with van der Waals surface area (Å²) in [5.41, 5.74) is 7.74. The summed E-state index contributed by atoms with van der Waals surface area (Å²) in [7, 11) is 0. The molecule has 0 saturated carbocycles. The molecule has 0 atom stereocenters. The molecule has 1 fully saturated rings. The fourth-order valence-electron chi connectivity index (χ4n) is 4.51. The molecule has 1 saturated heterocycles. The maximum Gasteiger partial charge on any atom is 0.410 e. The molecule has 3 aromatic rings. The molecule has 2 aromatic heterocycles. The molecule has 3 heterocycles. The number of hydrogen-bond acceptors (Lipinski definition) is 7. The van der Waals surface area contributed by atoms with Crippen molar-refractivity contribution < 1.29 is 19.1 Å². The number of nitrogens with zero attached hydrogens (tertiary/aromatic N) is 6. The van der Waals surface area contributed by atoms with Crippen LogP contribution in [0.1, 0.15) is 39.9 Å². The maximum absolute atomic E-state index is 13.1. The smallest absolute Gasteiger partial charge is 0.410 e. The zero-order valence-corrected chi connectivity index (χ0v) is 21.9. The van der Waals surface area contributed by atoms with Crippen LogP contribution in [0, 0.1) is 0 Å². The number of carbonyl (C=O) groups is 3. The minimum atomic E-state index is -0.629. The summed E-state index contributed by atoms with van der Waals surface area (Å²) in [5, 5.41) is 0.873. The van der Waals surface area contributed by atoms with Crippen molar-refractivity contribution in [3.63, 3.8) is 0 Å². The van der Waals surface area contributed by atoms with E-state index in [4.69, 9.17) is 15.5 Å². The van der Waals surface area contributed by atoms with Gasteiger partial charge < -0.3 is 29.7 Å². The summed E-state index contributed by atoms with van der Waals surface area (Å²) in [6.45, 7) is 10.4. The SMILES string of the molecule is CCN(Cc1nc2c(N)nc3ccccc3c2n1CCC(=O)N1CCN(C=O)CC1)C(=O)OC(C)(C)C.